The van der Waals surface area contributed by atoms with Gasteiger partial charge in [0.05, 0.1) is 11.6 Å². The van der Waals surface area contributed by atoms with Gasteiger partial charge in [-0.2, -0.15) is 0 Å². The van der Waals surface area contributed by atoms with Crippen LogP contribution in [-0.4, -0.2) is 0 Å². The van der Waals surface area contributed by atoms with E-state index in [9.17, 15) is 8.78 Å². The first-order chi connectivity index (χ1) is 9.65. The molecular formula is C16H11ClF2O. The molecule has 1 aromatic heterocycles. The quantitative estimate of drug-likeness (QED) is 0.602. The summed E-state index contributed by atoms with van der Waals surface area (Å²) in [6.07, 6.45) is 2.02. The molecule has 0 aliphatic rings. The van der Waals surface area contributed by atoms with Crippen molar-refractivity contribution in [2.75, 3.05) is 0 Å². The molecule has 1 unspecified atom stereocenters. The Hall–Kier alpha value is -1.87. The number of para-hydroxylation sites is 1. The first kappa shape index (κ1) is 13.1. The van der Waals surface area contributed by atoms with E-state index in [0.717, 1.165) is 22.6 Å². The Morgan fingerprint density at radius 3 is 2.65 bits per heavy atom. The van der Waals surface area contributed by atoms with Crippen molar-refractivity contribution in [2.24, 2.45) is 0 Å². The zero-order valence-corrected chi connectivity index (χ0v) is 11.2. The van der Waals surface area contributed by atoms with Gasteiger partial charge in [-0.05, 0) is 30.2 Å². The highest BCUT2D eigenvalue weighted by molar-refractivity contribution is 6.21. The van der Waals surface area contributed by atoms with Crippen LogP contribution in [-0.2, 0) is 6.42 Å². The summed E-state index contributed by atoms with van der Waals surface area (Å²) < 4.78 is 31.5. The molecule has 3 aromatic rings. The average molecular weight is 293 g/mol. The van der Waals surface area contributed by atoms with Crippen LogP contribution in [0, 0.1) is 11.6 Å². The average Bonchev–Trinajstić information content (AvgIpc) is 2.87. The minimum Gasteiger partial charge on any atom is -0.464 e. The van der Waals surface area contributed by atoms with Crippen LogP contribution in [0.1, 0.15) is 16.5 Å². The summed E-state index contributed by atoms with van der Waals surface area (Å²) in [5.41, 5.74) is 2.26. The Morgan fingerprint density at radius 2 is 1.85 bits per heavy atom. The third-order valence-electron chi connectivity index (χ3n) is 3.25. The van der Waals surface area contributed by atoms with Crippen LogP contribution < -0.4 is 0 Å². The van der Waals surface area contributed by atoms with E-state index < -0.39 is 11.6 Å². The number of hydrogen-bond donors (Lipinski definition) is 0. The van der Waals surface area contributed by atoms with Crippen LogP contribution in [0.4, 0.5) is 8.78 Å². The summed E-state index contributed by atoms with van der Waals surface area (Å²) in [5, 5.41) is 0.582. The molecule has 0 fully saturated rings. The van der Waals surface area contributed by atoms with Gasteiger partial charge < -0.3 is 4.42 Å². The lowest BCUT2D eigenvalue weighted by Crippen LogP contribution is -1.96. The maximum atomic E-state index is 13.2. The molecule has 102 valence electrons. The van der Waals surface area contributed by atoms with E-state index in [0.29, 0.717) is 12.0 Å². The van der Waals surface area contributed by atoms with Crippen molar-refractivity contribution in [2.45, 2.75) is 11.8 Å². The van der Waals surface area contributed by atoms with Crippen LogP contribution in [0.15, 0.2) is 53.1 Å². The lowest BCUT2D eigenvalue weighted by Gasteiger charge is -2.08. The van der Waals surface area contributed by atoms with Gasteiger partial charge in [-0.25, -0.2) is 8.78 Å². The zero-order chi connectivity index (χ0) is 14.1. The minimum absolute atomic E-state index is 0.358. The monoisotopic (exact) mass is 292 g/mol. The number of halogens is 3. The van der Waals surface area contributed by atoms with Gasteiger partial charge in [0, 0.05) is 10.9 Å². The van der Waals surface area contributed by atoms with Crippen molar-refractivity contribution >= 4 is 22.6 Å². The minimum atomic E-state index is -0.858. The molecule has 4 heteroatoms. The fourth-order valence-corrected chi connectivity index (χ4v) is 2.57. The lowest BCUT2D eigenvalue weighted by atomic mass is 10.0. The molecule has 1 atom stereocenters. The van der Waals surface area contributed by atoms with E-state index in [1.807, 2.05) is 24.3 Å². The summed E-state index contributed by atoms with van der Waals surface area (Å²) in [6, 6.07) is 11.4. The fraction of sp³-hybridized carbons (Fsp3) is 0.125. The number of hydrogen-bond acceptors (Lipinski definition) is 1. The Labute approximate surface area is 119 Å². The van der Waals surface area contributed by atoms with Gasteiger partial charge in [-0.3, -0.25) is 0 Å². The van der Waals surface area contributed by atoms with Crippen LogP contribution in [0.5, 0.6) is 0 Å². The van der Waals surface area contributed by atoms with Gasteiger partial charge in [0.2, 0.25) is 0 Å². The van der Waals surface area contributed by atoms with E-state index >= 15 is 0 Å². The van der Waals surface area contributed by atoms with Gasteiger partial charge in [0.15, 0.2) is 11.6 Å². The van der Waals surface area contributed by atoms with E-state index in [1.54, 1.807) is 6.26 Å². The molecule has 1 nitrogen and oxygen atoms in total. The molecule has 0 radical (unpaired) electrons. The Bertz CT molecular complexity index is 751. The zero-order valence-electron chi connectivity index (χ0n) is 10.4. The van der Waals surface area contributed by atoms with E-state index in [2.05, 4.69) is 0 Å². The van der Waals surface area contributed by atoms with Gasteiger partial charge in [0.1, 0.15) is 5.58 Å². The molecule has 0 saturated heterocycles. The Morgan fingerprint density at radius 1 is 1.05 bits per heavy atom. The van der Waals surface area contributed by atoms with E-state index in [1.165, 1.54) is 12.1 Å². The summed E-state index contributed by atoms with van der Waals surface area (Å²) in [7, 11) is 0. The molecule has 3 rings (SSSR count). The highest BCUT2D eigenvalue weighted by atomic mass is 35.5. The molecule has 0 bridgehead atoms. The summed E-state index contributed by atoms with van der Waals surface area (Å²) >= 11 is 6.38. The fourth-order valence-electron chi connectivity index (χ4n) is 2.22. The molecule has 2 aromatic carbocycles. The number of furan rings is 1. The third kappa shape index (κ3) is 2.41. The molecule has 0 aliphatic heterocycles. The molecule has 0 spiro atoms. The molecular weight excluding hydrogens is 282 g/mol. The largest absolute Gasteiger partial charge is 0.464 e. The van der Waals surface area contributed by atoms with Gasteiger partial charge >= 0.3 is 0 Å². The van der Waals surface area contributed by atoms with Crippen molar-refractivity contribution in [1.29, 1.82) is 0 Å². The predicted octanol–water partition coefficient (Wildman–Crippen LogP) is 5.23. The van der Waals surface area contributed by atoms with Crippen LogP contribution in [0.3, 0.4) is 0 Å². The predicted molar refractivity (Wildman–Crippen MR) is 74.9 cm³/mol. The number of fused-ring (bicyclic) bond motifs is 1. The SMILES string of the molecule is Fc1ccc(CC(Cl)c2coc3ccccc23)cc1F. The van der Waals surface area contributed by atoms with Gasteiger partial charge in [-0.1, -0.05) is 24.3 Å². The maximum Gasteiger partial charge on any atom is 0.159 e. The first-order valence-corrected chi connectivity index (χ1v) is 6.63. The second-order valence-electron chi connectivity index (χ2n) is 4.61. The highest BCUT2D eigenvalue weighted by Gasteiger charge is 2.16. The van der Waals surface area contributed by atoms with Crippen LogP contribution >= 0.6 is 11.6 Å². The van der Waals surface area contributed by atoms with Crippen LogP contribution in [0.25, 0.3) is 11.0 Å². The number of benzene rings is 2. The van der Waals surface area contributed by atoms with Crippen molar-refractivity contribution < 1.29 is 13.2 Å². The molecule has 1 heterocycles. The second-order valence-corrected chi connectivity index (χ2v) is 5.13. The molecule has 0 N–H and O–H groups in total. The van der Waals surface area contributed by atoms with Crippen molar-refractivity contribution in [3.63, 3.8) is 0 Å². The smallest absolute Gasteiger partial charge is 0.159 e. The van der Waals surface area contributed by atoms with Crippen molar-refractivity contribution in [3.05, 3.63) is 71.5 Å². The standard InChI is InChI=1S/C16H11ClF2O/c17-13(7-10-5-6-14(18)15(19)8-10)12-9-20-16-4-2-1-3-11(12)16/h1-6,8-9,13H,7H2. The summed E-state index contributed by atoms with van der Waals surface area (Å²) in [4.78, 5) is 0. The van der Waals surface area contributed by atoms with Gasteiger partial charge in [0.25, 0.3) is 0 Å². The van der Waals surface area contributed by atoms with E-state index in [4.69, 9.17) is 16.0 Å². The first-order valence-electron chi connectivity index (χ1n) is 6.19. The molecule has 20 heavy (non-hydrogen) atoms. The topological polar surface area (TPSA) is 13.1 Å². The second kappa shape index (κ2) is 5.25. The Kier molecular flexibility index (Phi) is 3.45. The normalized spacial score (nSPS) is 12.8. The van der Waals surface area contributed by atoms with E-state index in [-0.39, 0.29) is 5.38 Å². The molecule has 0 amide bonds. The maximum absolute atomic E-state index is 13.2. The van der Waals surface area contributed by atoms with Crippen LogP contribution in [0.2, 0.25) is 0 Å². The third-order valence-corrected chi connectivity index (χ3v) is 3.64. The molecule has 0 aliphatic carbocycles. The molecule has 0 saturated carbocycles. The number of rotatable bonds is 3. The lowest BCUT2D eigenvalue weighted by molar-refractivity contribution is 0.507. The summed E-state index contributed by atoms with van der Waals surface area (Å²) in [6.45, 7) is 0. The van der Waals surface area contributed by atoms with Crippen molar-refractivity contribution in [3.8, 4) is 0 Å². The van der Waals surface area contributed by atoms with Gasteiger partial charge in [-0.15, -0.1) is 11.6 Å². The number of alkyl halides is 1. The Balaban J connectivity index is 1.89. The summed E-state index contributed by atoms with van der Waals surface area (Å²) in [5.74, 6) is -1.71. The van der Waals surface area contributed by atoms with Crippen molar-refractivity contribution in [1.82, 2.24) is 0 Å². The highest BCUT2D eigenvalue weighted by Crippen LogP contribution is 2.32.